The highest BCUT2D eigenvalue weighted by atomic mass is 32.1. The molecule has 2 aromatic rings. The maximum absolute atomic E-state index is 12.2. The molecule has 1 aromatic carbocycles. The Balaban J connectivity index is 2.04. The molecule has 0 aliphatic rings. The number of anilines is 1. The average molecular weight is 317 g/mol. The van der Waals surface area contributed by atoms with Crippen LogP contribution in [0.25, 0.3) is 0 Å². The standard InChI is InChI=1S/C17H23N3OS/c1-11(2)10-14-19-20-16(22-14)18-15(21)12-6-8-13(9-7-12)17(3,4)5/h6-9,11H,10H2,1-5H3,(H,18,20,21). The first-order valence-electron chi connectivity index (χ1n) is 7.50. The molecular weight excluding hydrogens is 294 g/mol. The summed E-state index contributed by atoms with van der Waals surface area (Å²) in [6, 6.07) is 7.70. The Hall–Kier alpha value is -1.75. The monoisotopic (exact) mass is 317 g/mol. The van der Waals surface area contributed by atoms with E-state index in [1.165, 1.54) is 16.9 Å². The van der Waals surface area contributed by atoms with Gasteiger partial charge in [-0.25, -0.2) is 0 Å². The van der Waals surface area contributed by atoms with Crippen LogP contribution in [0.5, 0.6) is 0 Å². The molecule has 1 amide bonds. The van der Waals surface area contributed by atoms with E-state index in [2.05, 4.69) is 50.1 Å². The maximum atomic E-state index is 12.2. The summed E-state index contributed by atoms with van der Waals surface area (Å²) < 4.78 is 0. The normalized spacial score (nSPS) is 11.7. The topological polar surface area (TPSA) is 54.9 Å². The van der Waals surface area contributed by atoms with Crippen molar-refractivity contribution in [1.29, 1.82) is 0 Å². The van der Waals surface area contributed by atoms with Crippen LogP contribution in [0, 0.1) is 5.92 Å². The molecule has 0 saturated carbocycles. The van der Waals surface area contributed by atoms with E-state index in [1.807, 2.05) is 24.3 Å². The predicted molar refractivity (Wildman–Crippen MR) is 91.5 cm³/mol. The van der Waals surface area contributed by atoms with Gasteiger partial charge in [0.05, 0.1) is 0 Å². The minimum atomic E-state index is -0.146. The van der Waals surface area contributed by atoms with Crippen molar-refractivity contribution in [2.75, 3.05) is 5.32 Å². The van der Waals surface area contributed by atoms with Crippen LogP contribution in [0.3, 0.4) is 0 Å². The van der Waals surface area contributed by atoms with Crippen LogP contribution >= 0.6 is 11.3 Å². The first kappa shape index (κ1) is 16.6. The highest BCUT2D eigenvalue weighted by Gasteiger charge is 2.15. The summed E-state index contributed by atoms with van der Waals surface area (Å²) >= 11 is 1.44. The Morgan fingerprint density at radius 2 is 1.82 bits per heavy atom. The number of rotatable bonds is 4. The van der Waals surface area contributed by atoms with Crippen molar-refractivity contribution in [1.82, 2.24) is 10.2 Å². The molecule has 0 unspecified atom stereocenters. The van der Waals surface area contributed by atoms with E-state index >= 15 is 0 Å². The molecule has 1 aromatic heterocycles. The number of hydrogen-bond donors (Lipinski definition) is 1. The quantitative estimate of drug-likeness (QED) is 0.915. The van der Waals surface area contributed by atoms with Crippen molar-refractivity contribution < 1.29 is 4.79 Å². The van der Waals surface area contributed by atoms with Gasteiger partial charge in [0.15, 0.2) is 0 Å². The molecule has 5 heteroatoms. The third-order valence-electron chi connectivity index (χ3n) is 3.28. The molecule has 0 bridgehead atoms. The molecule has 0 atom stereocenters. The van der Waals surface area contributed by atoms with Crippen molar-refractivity contribution in [3.05, 3.63) is 40.4 Å². The Bertz CT molecular complexity index is 639. The molecule has 0 radical (unpaired) electrons. The molecule has 4 nitrogen and oxygen atoms in total. The lowest BCUT2D eigenvalue weighted by molar-refractivity contribution is 0.102. The third kappa shape index (κ3) is 4.37. The van der Waals surface area contributed by atoms with E-state index in [9.17, 15) is 4.79 Å². The lowest BCUT2D eigenvalue weighted by atomic mass is 9.87. The van der Waals surface area contributed by atoms with Gasteiger partial charge >= 0.3 is 0 Å². The molecule has 118 valence electrons. The van der Waals surface area contributed by atoms with E-state index < -0.39 is 0 Å². The summed E-state index contributed by atoms with van der Waals surface area (Å²) in [5, 5.41) is 12.5. The summed E-state index contributed by atoms with van der Waals surface area (Å²) in [5.74, 6) is 0.383. The first-order valence-corrected chi connectivity index (χ1v) is 8.31. The van der Waals surface area contributed by atoms with Gasteiger partial charge < -0.3 is 0 Å². The van der Waals surface area contributed by atoms with Crippen molar-refractivity contribution >= 4 is 22.4 Å². The summed E-state index contributed by atoms with van der Waals surface area (Å²) in [6.07, 6.45) is 0.883. The second-order valence-electron chi connectivity index (χ2n) is 6.88. The van der Waals surface area contributed by atoms with E-state index in [-0.39, 0.29) is 11.3 Å². The number of hydrogen-bond acceptors (Lipinski definition) is 4. The van der Waals surface area contributed by atoms with Crippen LogP contribution in [0.2, 0.25) is 0 Å². The van der Waals surface area contributed by atoms with Crippen LogP contribution in [-0.4, -0.2) is 16.1 Å². The molecule has 2 rings (SSSR count). The van der Waals surface area contributed by atoms with Gasteiger partial charge in [0.1, 0.15) is 5.01 Å². The lowest BCUT2D eigenvalue weighted by Crippen LogP contribution is -2.14. The van der Waals surface area contributed by atoms with Gasteiger partial charge in [-0.3, -0.25) is 10.1 Å². The molecule has 22 heavy (non-hydrogen) atoms. The van der Waals surface area contributed by atoms with Gasteiger partial charge in [0.2, 0.25) is 5.13 Å². The summed E-state index contributed by atoms with van der Waals surface area (Å²) in [7, 11) is 0. The molecule has 0 fully saturated rings. The number of nitrogens with one attached hydrogen (secondary N) is 1. The van der Waals surface area contributed by atoms with Crippen LogP contribution < -0.4 is 5.32 Å². The minimum absolute atomic E-state index is 0.0833. The van der Waals surface area contributed by atoms with E-state index in [4.69, 9.17) is 0 Å². The fourth-order valence-electron chi connectivity index (χ4n) is 2.03. The van der Waals surface area contributed by atoms with Crippen molar-refractivity contribution in [2.45, 2.75) is 46.5 Å². The van der Waals surface area contributed by atoms with Crippen LogP contribution in [0.15, 0.2) is 24.3 Å². The zero-order valence-electron chi connectivity index (χ0n) is 13.8. The van der Waals surface area contributed by atoms with Crippen LogP contribution in [-0.2, 0) is 11.8 Å². The Kier molecular flexibility index (Phi) is 4.96. The molecular formula is C17H23N3OS. The molecule has 1 heterocycles. The Morgan fingerprint density at radius 1 is 1.18 bits per heavy atom. The minimum Gasteiger partial charge on any atom is -0.296 e. The molecule has 0 spiro atoms. The van der Waals surface area contributed by atoms with Crippen molar-refractivity contribution in [2.24, 2.45) is 5.92 Å². The number of nitrogens with zero attached hydrogens (tertiary/aromatic N) is 2. The van der Waals surface area contributed by atoms with Gasteiger partial charge in [0, 0.05) is 12.0 Å². The highest BCUT2D eigenvalue weighted by Crippen LogP contribution is 2.23. The molecule has 0 aliphatic carbocycles. The molecule has 0 saturated heterocycles. The fraction of sp³-hybridized carbons (Fsp3) is 0.471. The lowest BCUT2D eigenvalue weighted by Gasteiger charge is -2.18. The number of aromatic nitrogens is 2. The Morgan fingerprint density at radius 3 is 2.36 bits per heavy atom. The largest absolute Gasteiger partial charge is 0.296 e. The van der Waals surface area contributed by atoms with Crippen molar-refractivity contribution in [3.63, 3.8) is 0 Å². The van der Waals surface area contributed by atoms with Gasteiger partial charge in [-0.15, -0.1) is 10.2 Å². The second kappa shape index (κ2) is 6.57. The molecule has 0 aliphatic heterocycles. The fourth-order valence-corrected chi connectivity index (χ4v) is 2.97. The smallest absolute Gasteiger partial charge is 0.257 e. The number of amides is 1. The van der Waals surface area contributed by atoms with Gasteiger partial charge in [0.25, 0.3) is 5.91 Å². The average Bonchev–Trinajstić information content (AvgIpc) is 2.84. The number of carbonyl (C=O) groups is 1. The van der Waals surface area contributed by atoms with E-state index in [0.29, 0.717) is 16.6 Å². The van der Waals surface area contributed by atoms with Crippen molar-refractivity contribution in [3.8, 4) is 0 Å². The second-order valence-corrected chi connectivity index (χ2v) is 7.94. The first-order chi connectivity index (χ1) is 10.3. The SMILES string of the molecule is CC(C)Cc1nnc(NC(=O)c2ccc(C(C)(C)C)cc2)s1. The van der Waals surface area contributed by atoms with Gasteiger partial charge in [-0.05, 0) is 29.0 Å². The Labute approximate surface area is 136 Å². The summed E-state index contributed by atoms with van der Waals surface area (Å²) in [5.41, 5.74) is 1.92. The predicted octanol–water partition coefficient (Wildman–Crippen LogP) is 4.29. The number of carbonyl (C=O) groups excluding carboxylic acids is 1. The highest BCUT2D eigenvalue weighted by molar-refractivity contribution is 7.15. The van der Waals surface area contributed by atoms with Crippen LogP contribution in [0.1, 0.15) is 55.5 Å². The van der Waals surface area contributed by atoms with E-state index in [1.54, 1.807) is 0 Å². The van der Waals surface area contributed by atoms with Gasteiger partial charge in [-0.2, -0.15) is 0 Å². The third-order valence-corrected chi connectivity index (χ3v) is 4.14. The zero-order valence-corrected chi connectivity index (χ0v) is 14.6. The molecule has 1 N–H and O–H groups in total. The maximum Gasteiger partial charge on any atom is 0.257 e. The summed E-state index contributed by atoms with van der Waals surface area (Å²) in [4.78, 5) is 12.2. The van der Waals surface area contributed by atoms with Crippen LogP contribution in [0.4, 0.5) is 5.13 Å². The zero-order chi connectivity index (χ0) is 16.3. The van der Waals surface area contributed by atoms with Gasteiger partial charge in [-0.1, -0.05) is 58.1 Å². The number of benzene rings is 1. The summed E-state index contributed by atoms with van der Waals surface area (Å²) in [6.45, 7) is 10.7. The van der Waals surface area contributed by atoms with E-state index in [0.717, 1.165) is 11.4 Å².